The summed E-state index contributed by atoms with van der Waals surface area (Å²) < 4.78 is 1.82. The molecule has 0 aliphatic heterocycles. The van der Waals surface area contributed by atoms with Crippen LogP contribution in [0.2, 0.25) is 0 Å². The van der Waals surface area contributed by atoms with Gasteiger partial charge in [0.2, 0.25) is 5.91 Å². The first-order chi connectivity index (χ1) is 9.35. The third-order valence-corrected chi connectivity index (χ3v) is 3.46. The van der Waals surface area contributed by atoms with E-state index in [9.17, 15) is 4.79 Å². The second kappa shape index (κ2) is 5.12. The summed E-state index contributed by atoms with van der Waals surface area (Å²) in [5.74, 6) is 0.0257. The number of carbonyl (C=O) groups is 1. The van der Waals surface area contributed by atoms with Crippen LogP contribution >= 0.6 is 0 Å². The van der Waals surface area contributed by atoms with Gasteiger partial charge in [-0.15, -0.1) is 0 Å². The molecule has 0 aliphatic carbocycles. The number of likely N-dealkylation sites (N-methyl/N-ethyl adjacent to an activating group) is 1. The molecule has 2 aromatic rings. The summed E-state index contributed by atoms with van der Waals surface area (Å²) in [7, 11) is 3.53. The summed E-state index contributed by atoms with van der Waals surface area (Å²) in [6, 6.07) is 10.0. The Bertz CT molecular complexity index is 612. The van der Waals surface area contributed by atoms with E-state index in [1.165, 1.54) is 0 Å². The zero-order valence-electron chi connectivity index (χ0n) is 12.7. The van der Waals surface area contributed by atoms with E-state index in [0.717, 1.165) is 16.8 Å². The molecule has 2 rings (SSSR count). The molecular weight excluding hydrogens is 250 g/mol. The van der Waals surface area contributed by atoms with Crippen molar-refractivity contribution in [1.82, 2.24) is 14.7 Å². The first-order valence-electron chi connectivity index (χ1n) is 6.68. The third-order valence-electron chi connectivity index (χ3n) is 3.46. The topological polar surface area (TPSA) is 38.1 Å². The first kappa shape index (κ1) is 14.3. The minimum absolute atomic E-state index is 0.0257. The van der Waals surface area contributed by atoms with E-state index in [1.54, 1.807) is 19.0 Å². The fourth-order valence-electron chi connectivity index (χ4n) is 2.44. The van der Waals surface area contributed by atoms with Gasteiger partial charge in [-0.2, -0.15) is 5.10 Å². The van der Waals surface area contributed by atoms with Gasteiger partial charge in [-0.05, 0) is 26.3 Å². The van der Waals surface area contributed by atoms with E-state index in [-0.39, 0.29) is 5.91 Å². The Hall–Kier alpha value is -2.10. The van der Waals surface area contributed by atoms with Gasteiger partial charge in [-0.25, -0.2) is 4.68 Å². The number of hydrogen-bond acceptors (Lipinski definition) is 2. The maximum absolute atomic E-state index is 12.4. The molecule has 4 nitrogen and oxygen atoms in total. The SMILES string of the molecule is Cc1cnn(C(C)(C)C(=O)N(C)C)c1-c1ccccc1. The smallest absolute Gasteiger partial charge is 0.249 e. The molecule has 0 spiro atoms. The lowest BCUT2D eigenvalue weighted by Gasteiger charge is -2.29. The minimum Gasteiger partial charge on any atom is -0.347 e. The Labute approximate surface area is 120 Å². The molecule has 0 aliphatic rings. The standard InChI is InChI=1S/C16H21N3O/c1-12-11-17-19(16(2,3)15(20)18(4)5)14(12)13-9-7-6-8-10-13/h6-11H,1-5H3. The van der Waals surface area contributed by atoms with E-state index in [0.29, 0.717) is 0 Å². The van der Waals surface area contributed by atoms with Crippen LogP contribution in [0.1, 0.15) is 19.4 Å². The molecule has 0 saturated heterocycles. The van der Waals surface area contributed by atoms with Crippen LogP contribution in [0.5, 0.6) is 0 Å². The van der Waals surface area contributed by atoms with Crippen LogP contribution in [0.25, 0.3) is 11.3 Å². The highest BCUT2D eigenvalue weighted by atomic mass is 16.2. The molecule has 1 amide bonds. The van der Waals surface area contributed by atoms with E-state index < -0.39 is 5.54 Å². The fourth-order valence-corrected chi connectivity index (χ4v) is 2.44. The predicted octanol–water partition coefficient (Wildman–Crippen LogP) is 2.68. The van der Waals surface area contributed by atoms with Crippen LogP contribution in [-0.4, -0.2) is 34.7 Å². The monoisotopic (exact) mass is 271 g/mol. The molecule has 1 aromatic heterocycles. The Morgan fingerprint density at radius 1 is 1.20 bits per heavy atom. The van der Waals surface area contributed by atoms with Gasteiger partial charge in [0.1, 0.15) is 5.54 Å². The number of carbonyl (C=O) groups excluding carboxylic acids is 1. The zero-order valence-corrected chi connectivity index (χ0v) is 12.7. The first-order valence-corrected chi connectivity index (χ1v) is 6.68. The van der Waals surface area contributed by atoms with Crippen LogP contribution in [0, 0.1) is 6.92 Å². The van der Waals surface area contributed by atoms with Crippen molar-refractivity contribution in [3.8, 4) is 11.3 Å². The van der Waals surface area contributed by atoms with Gasteiger partial charge in [-0.1, -0.05) is 30.3 Å². The number of aromatic nitrogens is 2. The van der Waals surface area contributed by atoms with Crippen molar-refractivity contribution in [2.24, 2.45) is 0 Å². The summed E-state index contributed by atoms with van der Waals surface area (Å²) in [6.45, 7) is 5.81. The Balaban J connectivity index is 2.58. The van der Waals surface area contributed by atoms with E-state index in [4.69, 9.17) is 0 Å². The molecular formula is C16H21N3O. The van der Waals surface area contributed by atoms with Crippen LogP contribution in [-0.2, 0) is 10.3 Å². The molecule has 0 saturated carbocycles. The Morgan fingerprint density at radius 2 is 1.80 bits per heavy atom. The Kier molecular flexibility index (Phi) is 3.66. The van der Waals surface area contributed by atoms with Crippen LogP contribution < -0.4 is 0 Å². The van der Waals surface area contributed by atoms with Crippen molar-refractivity contribution in [2.75, 3.05) is 14.1 Å². The molecule has 0 unspecified atom stereocenters. The average molecular weight is 271 g/mol. The van der Waals surface area contributed by atoms with Crippen molar-refractivity contribution in [3.05, 3.63) is 42.1 Å². The maximum atomic E-state index is 12.4. The van der Waals surface area contributed by atoms with Gasteiger partial charge < -0.3 is 4.90 Å². The second-order valence-electron chi connectivity index (χ2n) is 5.71. The number of aryl methyl sites for hydroxylation is 1. The van der Waals surface area contributed by atoms with E-state index in [2.05, 4.69) is 5.10 Å². The summed E-state index contributed by atoms with van der Waals surface area (Å²) in [5.41, 5.74) is 2.41. The number of benzene rings is 1. The lowest BCUT2D eigenvalue weighted by Crippen LogP contribution is -2.44. The largest absolute Gasteiger partial charge is 0.347 e. The number of hydrogen-bond donors (Lipinski definition) is 0. The quantitative estimate of drug-likeness (QED) is 0.861. The van der Waals surface area contributed by atoms with Gasteiger partial charge in [0.25, 0.3) is 0 Å². The molecule has 0 atom stereocenters. The molecule has 0 fully saturated rings. The molecule has 0 radical (unpaired) electrons. The molecule has 4 heteroatoms. The highest BCUT2D eigenvalue weighted by Crippen LogP contribution is 2.29. The van der Waals surface area contributed by atoms with Gasteiger partial charge in [-0.3, -0.25) is 4.79 Å². The van der Waals surface area contributed by atoms with Crippen molar-refractivity contribution in [1.29, 1.82) is 0 Å². The molecule has 0 bridgehead atoms. The highest BCUT2D eigenvalue weighted by molar-refractivity contribution is 5.84. The second-order valence-corrected chi connectivity index (χ2v) is 5.71. The van der Waals surface area contributed by atoms with Gasteiger partial charge >= 0.3 is 0 Å². The summed E-state index contributed by atoms with van der Waals surface area (Å²) >= 11 is 0. The van der Waals surface area contributed by atoms with Crippen LogP contribution in [0.3, 0.4) is 0 Å². The lowest BCUT2D eigenvalue weighted by molar-refractivity contribution is -0.137. The van der Waals surface area contributed by atoms with Gasteiger partial charge in [0, 0.05) is 19.7 Å². The van der Waals surface area contributed by atoms with Crippen molar-refractivity contribution in [2.45, 2.75) is 26.3 Å². The van der Waals surface area contributed by atoms with Crippen molar-refractivity contribution in [3.63, 3.8) is 0 Å². The molecule has 106 valence electrons. The number of nitrogens with zero attached hydrogens (tertiary/aromatic N) is 3. The van der Waals surface area contributed by atoms with E-state index in [1.807, 2.05) is 62.0 Å². The number of amides is 1. The lowest BCUT2D eigenvalue weighted by atomic mass is 10.0. The van der Waals surface area contributed by atoms with E-state index >= 15 is 0 Å². The average Bonchev–Trinajstić information content (AvgIpc) is 2.81. The highest BCUT2D eigenvalue weighted by Gasteiger charge is 2.34. The van der Waals surface area contributed by atoms with Crippen molar-refractivity contribution < 1.29 is 4.79 Å². The Morgan fingerprint density at radius 3 is 2.35 bits per heavy atom. The fraction of sp³-hybridized carbons (Fsp3) is 0.375. The maximum Gasteiger partial charge on any atom is 0.249 e. The van der Waals surface area contributed by atoms with Gasteiger partial charge in [0.05, 0.1) is 11.9 Å². The predicted molar refractivity (Wildman–Crippen MR) is 80.4 cm³/mol. The summed E-state index contributed by atoms with van der Waals surface area (Å²) in [4.78, 5) is 14.0. The van der Waals surface area contributed by atoms with Crippen LogP contribution in [0.15, 0.2) is 36.5 Å². The molecule has 20 heavy (non-hydrogen) atoms. The zero-order chi connectivity index (χ0) is 14.9. The number of rotatable bonds is 3. The summed E-state index contributed by atoms with van der Waals surface area (Å²) in [5, 5.41) is 4.44. The minimum atomic E-state index is -0.719. The third kappa shape index (κ3) is 2.33. The molecule has 0 N–H and O–H groups in total. The molecule has 1 aromatic carbocycles. The van der Waals surface area contributed by atoms with Gasteiger partial charge in [0.15, 0.2) is 0 Å². The van der Waals surface area contributed by atoms with Crippen LogP contribution in [0.4, 0.5) is 0 Å². The van der Waals surface area contributed by atoms with Crippen molar-refractivity contribution >= 4 is 5.91 Å². The summed E-state index contributed by atoms with van der Waals surface area (Å²) in [6.07, 6.45) is 1.81. The molecule has 1 heterocycles. The normalized spacial score (nSPS) is 11.4.